The maximum Gasteiger partial charge on any atom is 0.246 e. The molecule has 2 aromatic rings. The predicted molar refractivity (Wildman–Crippen MR) is 80.9 cm³/mol. The number of carbonyl (C=O) groups is 1. The maximum atomic E-state index is 12.0. The Morgan fingerprint density at radius 3 is 2.70 bits per heavy atom. The summed E-state index contributed by atoms with van der Waals surface area (Å²) in [5.74, 6) is -0.192. The van der Waals surface area contributed by atoms with E-state index >= 15 is 0 Å². The van der Waals surface area contributed by atoms with Crippen LogP contribution in [0.3, 0.4) is 0 Å². The van der Waals surface area contributed by atoms with Crippen molar-refractivity contribution in [3.8, 4) is 0 Å². The molecule has 0 radical (unpaired) electrons. The van der Waals surface area contributed by atoms with Crippen LogP contribution in [0.2, 0.25) is 5.02 Å². The Labute approximate surface area is 122 Å². The number of aryl methyl sites for hydroxylation is 1. The molecular formula is C14H17ClN4O. The maximum absolute atomic E-state index is 12.0. The second-order valence-electron chi connectivity index (χ2n) is 4.74. The molecular weight excluding hydrogens is 276 g/mol. The Morgan fingerprint density at radius 2 is 2.10 bits per heavy atom. The number of hydrogen-bond donors (Lipinski definition) is 2. The molecule has 0 saturated carbocycles. The van der Waals surface area contributed by atoms with Gasteiger partial charge in [0.25, 0.3) is 0 Å². The zero-order valence-electron chi connectivity index (χ0n) is 11.7. The molecule has 1 heterocycles. The van der Waals surface area contributed by atoms with Gasteiger partial charge in [-0.05, 0) is 44.5 Å². The number of nitrogens with one attached hydrogen (secondary N) is 1. The third kappa shape index (κ3) is 2.93. The molecule has 3 N–H and O–H groups in total. The molecule has 1 aromatic heterocycles. The van der Waals surface area contributed by atoms with Crippen LogP contribution in [0.15, 0.2) is 18.2 Å². The lowest BCUT2D eigenvalue weighted by molar-refractivity contribution is -0.116. The van der Waals surface area contributed by atoms with Gasteiger partial charge in [-0.3, -0.25) is 9.48 Å². The Morgan fingerprint density at radius 1 is 1.40 bits per heavy atom. The number of hydrogen-bond acceptors (Lipinski definition) is 3. The molecule has 106 valence electrons. The average molecular weight is 293 g/mol. The Balaban J connectivity index is 2.13. The number of benzene rings is 1. The molecule has 0 fully saturated rings. The van der Waals surface area contributed by atoms with Gasteiger partial charge in [-0.2, -0.15) is 5.10 Å². The highest BCUT2D eigenvalue weighted by molar-refractivity contribution is 6.33. The van der Waals surface area contributed by atoms with Crippen molar-refractivity contribution in [2.24, 2.45) is 0 Å². The van der Waals surface area contributed by atoms with E-state index in [1.807, 2.05) is 20.8 Å². The first-order chi connectivity index (χ1) is 9.38. The van der Waals surface area contributed by atoms with Crippen molar-refractivity contribution < 1.29 is 4.79 Å². The van der Waals surface area contributed by atoms with E-state index in [2.05, 4.69) is 10.4 Å². The molecule has 0 aliphatic carbocycles. The number of rotatable bonds is 3. The number of nitrogens with two attached hydrogens (primary N) is 1. The van der Waals surface area contributed by atoms with Crippen LogP contribution < -0.4 is 11.1 Å². The lowest BCUT2D eigenvalue weighted by Gasteiger charge is -2.09. The van der Waals surface area contributed by atoms with Crippen LogP contribution in [-0.4, -0.2) is 15.7 Å². The van der Waals surface area contributed by atoms with Gasteiger partial charge in [0.1, 0.15) is 6.54 Å². The minimum atomic E-state index is -0.192. The number of carbonyl (C=O) groups excluding carboxylic acids is 1. The summed E-state index contributed by atoms with van der Waals surface area (Å²) in [4.78, 5) is 12.0. The zero-order chi connectivity index (χ0) is 14.9. The Hall–Kier alpha value is -2.01. The number of aromatic nitrogens is 2. The first-order valence-electron chi connectivity index (χ1n) is 6.24. The van der Waals surface area contributed by atoms with E-state index in [0.717, 1.165) is 17.0 Å². The van der Waals surface area contributed by atoms with E-state index < -0.39 is 0 Å². The topological polar surface area (TPSA) is 72.9 Å². The van der Waals surface area contributed by atoms with Crippen molar-refractivity contribution in [1.82, 2.24) is 9.78 Å². The zero-order valence-corrected chi connectivity index (χ0v) is 12.5. The summed E-state index contributed by atoms with van der Waals surface area (Å²) in [6, 6.07) is 4.97. The van der Waals surface area contributed by atoms with Gasteiger partial charge in [0.2, 0.25) is 5.91 Å². The summed E-state index contributed by atoms with van der Waals surface area (Å²) in [7, 11) is 0. The fourth-order valence-corrected chi connectivity index (χ4v) is 2.07. The second-order valence-corrected chi connectivity index (χ2v) is 5.15. The number of anilines is 2. The summed E-state index contributed by atoms with van der Waals surface area (Å²) in [6.07, 6.45) is 0. The number of nitrogen functional groups attached to an aromatic ring is 1. The van der Waals surface area contributed by atoms with Gasteiger partial charge in [0, 0.05) is 11.4 Å². The molecule has 0 aliphatic heterocycles. The van der Waals surface area contributed by atoms with E-state index in [1.54, 1.807) is 22.9 Å². The van der Waals surface area contributed by atoms with Crippen molar-refractivity contribution in [2.75, 3.05) is 11.1 Å². The predicted octanol–water partition coefficient (Wildman–Crippen LogP) is 2.68. The molecule has 2 rings (SSSR count). The van der Waals surface area contributed by atoms with Gasteiger partial charge in [-0.1, -0.05) is 11.6 Å². The molecule has 0 bridgehead atoms. The largest absolute Gasteiger partial charge is 0.399 e. The third-order valence-corrected chi connectivity index (χ3v) is 3.63. The molecule has 0 saturated heterocycles. The van der Waals surface area contributed by atoms with E-state index in [1.165, 1.54) is 0 Å². The van der Waals surface area contributed by atoms with Gasteiger partial charge < -0.3 is 11.1 Å². The minimum absolute atomic E-state index is 0.144. The molecule has 1 aromatic carbocycles. The summed E-state index contributed by atoms with van der Waals surface area (Å²) in [5, 5.41) is 7.53. The van der Waals surface area contributed by atoms with Crippen LogP contribution in [0, 0.1) is 20.8 Å². The standard InChI is InChI=1S/C14H17ClN4O/c1-8-9(2)18-19(10(8)3)7-14(20)17-13-6-11(16)4-5-12(13)15/h4-6H,7,16H2,1-3H3,(H,17,20). The molecule has 0 unspecified atom stereocenters. The van der Waals surface area contributed by atoms with E-state index in [-0.39, 0.29) is 12.5 Å². The van der Waals surface area contributed by atoms with Crippen molar-refractivity contribution in [1.29, 1.82) is 0 Å². The molecule has 1 amide bonds. The highest BCUT2D eigenvalue weighted by Crippen LogP contribution is 2.24. The van der Waals surface area contributed by atoms with Gasteiger partial charge in [0.05, 0.1) is 16.4 Å². The van der Waals surface area contributed by atoms with Gasteiger partial charge in [0.15, 0.2) is 0 Å². The van der Waals surface area contributed by atoms with Crippen LogP contribution in [0.4, 0.5) is 11.4 Å². The van der Waals surface area contributed by atoms with Crippen molar-refractivity contribution in [2.45, 2.75) is 27.3 Å². The smallest absolute Gasteiger partial charge is 0.246 e. The summed E-state index contributed by atoms with van der Waals surface area (Å²) < 4.78 is 1.68. The molecule has 5 nitrogen and oxygen atoms in total. The van der Waals surface area contributed by atoms with Crippen LogP contribution in [0.25, 0.3) is 0 Å². The summed E-state index contributed by atoms with van der Waals surface area (Å²) in [6.45, 7) is 5.99. The monoisotopic (exact) mass is 292 g/mol. The van der Waals surface area contributed by atoms with Crippen LogP contribution >= 0.6 is 11.6 Å². The first-order valence-corrected chi connectivity index (χ1v) is 6.61. The first kappa shape index (κ1) is 14.4. The SMILES string of the molecule is Cc1nn(CC(=O)Nc2cc(N)ccc2Cl)c(C)c1C. The normalized spacial score (nSPS) is 10.6. The molecule has 0 atom stereocenters. The highest BCUT2D eigenvalue weighted by atomic mass is 35.5. The van der Waals surface area contributed by atoms with Gasteiger partial charge >= 0.3 is 0 Å². The second kappa shape index (κ2) is 5.54. The molecule has 0 spiro atoms. The number of nitrogens with zero attached hydrogens (tertiary/aromatic N) is 2. The molecule has 6 heteroatoms. The summed E-state index contributed by atoms with van der Waals surface area (Å²) >= 11 is 6.01. The lowest BCUT2D eigenvalue weighted by atomic mass is 10.2. The quantitative estimate of drug-likeness (QED) is 0.854. The molecule has 20 heavy (non-hydrogen) atoms. The summed E-state index contributed by atoms with van der Waals surface area (Å²) in [5.41, 5.74) is 9.74. The van der Waals surface area contributed by atoms with Crippen LogP contribution in [0.5, 0.6) is 0 Å². The number of halogens is 1. The third-order valence-electron chi connectivity index (χ3n) is 3.30. The lowest BCUT2D eigenvalue weighted by Crippen LogP contribution is -2.20. The average Bonchev–Trinajstić information content (AvgIpc) is 2.61. The van der Waals surface area contributed by atoms with Crippen LogP contribution in [0.1, 0.15) is 17.0 Å². The van der Waals surface area contributed by atoms with E-state index in [4.69, 9.17) is 17.3 Å². The van der Waals surface area contributed by atoms with E-state index in [9.17, 15) is 4.79 Å². The van der Waals surface area contributed by atoms with E-state index in [0.29, 0.717) is 16.4 Å². The fraction of sp³-hybridized carbons (Fsp3) is 0.286. The van der Waals surface area contributed by atoms with Crippen molar-refractivity contribution in [3.05, 3.63) is 40.2 Å². The van der Waals surface area contributed by atoms with Gasteiger partial charge in [-0.25, -0.2) is 0 Å². The van der Waals surface area contributed by atoms with Crippen molar-refractivity contribution in [3.63, 3.8) is 0 Å². The van der Waals surface area contributed by atoms with Crippen LogP contribution in [-0.2, 0) is 11.3 Å². The Bertz CT molecular complexity index is 663. The number of amides is 1. The minimum Gasteiger partial charge on any atom is -0.399 e. The molecule has 0 aliphatic rings. The van der Waals surface area contributed by atoms with Crippen molar-refractivity contribution >= 4 is 28.9 Å². The fourth-order valence-electron chi connectivity index (χ4n) is 1.90. The Kier molecular flexibility index (Phi) is 3.99. The highest BCUT2D eigenvalue weighted by Gasteiger charge is 2.12. The van der Waals surface area contributed by atoms with Gasteiger partial charge in [-0.15, -0.1) is 0 Å².